The molecule has 0 amide bonds. The molecule has 0 unspecified atom stereocenters. The highest BCUT2D eigenvalue weighted by Gasteiger charge is 2.41. The van der Waals surface area contributed by atoms with Gasteiger partial charge in [-0.05, 0) is 83.6 Å². The maximum Gasteiger partial charge on any atom is 0.339 e. The van der Waals surface area contributed by atoms with E-state index in [-0.39, 0.29) is 32.0 Å². The second kappa shape index (κ2) is 13.7. The Morgan fingerprint density at radius 1 is 0.431 bits per heavy atom. The molecule has 6 nitrogen and oxygen atoms in total. The Balaban J connectivity index is 1.57. The van der Waals surface area contributed by atoms with E-state index in [9.17, 15) is 16.8 Å². The van der Waals surface area contributed by atoms with Gasteiger partial charge in [-0.15, -0.1) is 0 Å². The molecule has 0 N–H and O–H groups in total. The molecule has 6 aromatic rings. The lowest BCUT2D eigenvalue weighted by molar-refractivity contribution is 0.429. The van der Waals surface area contributed by atoms with Gasteiger partial charge in [-0.1, -0.05) is 97.1 Å². The first kappa shape index (κ1) is 35.4. The zero-order chi connectivity index (χ0) is 36.6. The van der Waals surface area contributed by atoms with Gasteiger partial charge in [0.25, 0.3) is 0 Å². The molecule has 0 aliphatic rings. The van der Waals surface area contributed by atoms with Crippen LogP contribution < -0.4 is 8.37 Å². The van der Waals surface area contributed by atoms with Gasteiger partial charge in [0.05, 0.1) is 5.41 Å². The Morgan fingerprint density at radius 2 is 0.725 bits per heavy atom. The van der Waals surface area contributed by atoms with Crippen molar-refractivity contribution in [2.45, 2.75) is 29.1 Å². The standard InChI is InChI=1S/C39H28F4O6S2/c1-25-13-9-11-19-35(25)50(44,45)48-37-31(40)21-29(22-32(37)41)39(27-15-5-3-6-16-27,28-17-7-4-8-18-28)30-23-33(42)38(34(43)24-30)49-51(46,47)36-20-12-10-14-26(36)2/h3-24H,1-2H3. The van der Waals surface area contributed by atoms with E-state index in [4.69, 9.17) is 8.37 Å². The number of halogens is 4. The van der Waals surface area contributed by atoms with Crippen LogP contribution in [0, 0.1) is 37.1 Å². The summed E-state index contributed by atoms with van der Waals surface area (Å²) in [5, 5.41) is 0. The molecule has 6 rings (SSSR count). The molecule has 12 heteroatoms. The summed E-state index contributed by atoms with van der Waals surface area (Å²) in [6, 6.07) is 30.9. The number of aryl methyl sites for hydroxylation is 2. The fourth-order valence-electron chi connectivity index (χ4n) is 6.07. The van der Waals surface area contributed by atoms with E-state index in [1.165, 1.54) is 50.2 Å². The topological polar surface area (TPSA) is 86.7 Å². The van der Waals surface area contributed by atoms with Crippen LogP contribution in [0.25, 0.3) is 0 Å². The van der Waals surface area contributed by atoms with Crippen LogP contribution >= 0.6 is 0 Å². The van der Waals surface area contributed by atoms with E-state index in [1.807, 2.05) is 0 Å². The molecule has 0 aliphatic carbocycles. The second-order valence-corrected chi connectivity index (χ2v) is 14.7. The van der Waals surface area contributed by atoms with E-state index < -0.39 is 60.4 Å². The quantitative estimate of drug-likeness (QED) is 0.0796. The van der Waals surface area contributed by atoms with Crippen LogP contribution in [0.5, 0.6) is 11.5 Å². The third kappa shape index (κ3) is 6.60. The average Bonchev–Trinajstić information content (AvgIpc) is 3.10. The van der Waals surface area contributed by atoms with Gasteiger partial charge in [-0.3, -0.25) is 0 Å². The number of benzene rings is 6. The molecule has 0 fully saturated rings. The normalized spacial score (nSPS) is 12.0. The fourth-order valence-corrected chi connectivity index (χ4v) is 8.42. The highest BCUT2D eigenvalue weighted by molar-refractivity contribution is 7.87. The molecule has 0 saturated heterocycles. The Labute approximate surface area is 292 Å². The lowest BCUT2D eigenvalue weighted by Crippen LogP contribution is -2.32. The van der Waals surface area contributed by atoms with Crippen LogP contribution in [-0.2, 0) is 25.7 Å². The number of hydrogen-bond donors (Lipinski definition) is 0. The van der Waals surface area contributed by atoms with Gasteiger partial charge < -0.3 is 8.37 Å². The van der Waals surface area contributed by atoms with Crippen LogP contribution in [0.1, 0.15) is 33.4 Å². The molecule has 0 saturated carbocycles. The van der Waals surface area contributed by atoms with Crippen molar-refractivity contribution in [1.29, 1.82) is 0 Å². The molecule has 0 atom stereocenters. The molecule has 0 radical (unpaired) electrons. The molecule has 0 spiro atoms. The highest BCUT2D eigenvalue weighted by atomic mass is 32.2. The van der Waals surface area contributed by atoms with Gasteiger partial charge in [0.2, 0.25) is 11.5 Å². The third-order valence-corrected chi connectivity index (χ3v) is 11.2. The SMILES string of the molecule is Cc1ccccc1S(=O)(=O)Oc1c(F)cc(C(c2ccccc2)(c2ccccc2)c2cc(F)c(OS(=O)(=O)c3ccccc3C)c(F)c2)cc1F. The Bertz CT molecular complexity index is 2250. The van der Waals surface area contributed by atoms with Crippen LogP contribution in [0.3, 0.4) is 0 Å². The summed E-state index contributed by atoms with van der Waals surface area (Å²) in [7, 11) is -9.38. The van der Waals surface area contributed by atoms with Gasteiger partial charge in [0.15, 0.2) is 23.3 Å². The minimum absolute atomic E-state index is 0.199. The third-order valence-electron chi connectivity index (χ3n) is 8.39. The van der Waals surface area contributed by atoms with Crippen molar-refractivity contribution < 1.29 is 42.8 Å². The Hall–Kier alpha value is -5.46. The van der Waals surface area contributed by atoms with Crippen molar-refractivity contribution in [3.8, 4) is 11.5 Å². The summed E-state index contributed by atoms with van der Waals surface area (Å²) in [6.07, 6.45) is 0. The first-order chi connectivity index (χ1) is 24.3. The van der Waals surface area contributed by atoms with Crippen molar-refractivity contribution in [3.63, 3.8) is 0 Å². The minimum atomic E-state index is -4.69. The summed E-state index contributed by atoms with van der Waals surface area (Å²) < 4.78 is 127. The summed E-state index contributed by atoms with van der Waals surface area (Å²) in [5.41, 5.74) is -1.10. The fraction of sp³-hybridized carbons (Fsp3) is 0.0769. The zero-order valence-electron chi connectivity index (χ0n) is 27.0. The summed E-state index contributed by atoms with van der Waals surface area (Å²) in [4.78, 5) is -0.595. The molecule has 0 aromatic heterocycles. The minimum Gasteiger partial charge on any atom is -0.373 e. The lowest BCUT2D eigenvalue weighted by Gasteiger charge is -2.37. The number of rotatable bonds is 10. The van der Waals surface area contributed by atoms with E-state index in [0.29, 0.717) is 11.1 Å². The number of hydrogen-bond acceptors (Lipinski definition) is 6. The Morgan fingerprint density at radius 3 is 1.04 bits per heavy atom. The highest BCUT2D eigenvalue weighted by Crippen LogP contribution is 2.48. The molecule has 0 heterocycles. The average molecular weight is 733 g/mol. The van der Waals surface area contributed by atoms with Crippen molar-refractivity contribution >= 4 is 20.2 Å². The van der Waals surface area contributed by atoms with Crippen LogP contribution in [0.2, 0.25) is 0 Å². The summed E-state index contributed by atoms with van der Waals surface area (Å²) in [5.74, 6) is -8.07. The first-order valence-electron chi connectivity index (χ1n) is 15.4. The second-order valence-electron chi connectivity index (χ2n) is 11.6. The molecular formula is C39H28F4O6S2. The van der Waals surface area contributed by atoms with E-state index in [0.717, 1.165) is 24.3 Å². The molecule has 0 bridgehead atoms. The van der Waals surface area contributed by atoms with E-state index >= 15 is 17.6 Å². The molecule has 260 valence electrons. The van der Waals surface area contributed by atoms with E-state index in [2.05, 4.69) is 0 Å². The first-order valence-corrected chi connectivity index (χ1v) is 18.2. The van der Waals surface area contributed by atoms with Gasteiger partial charge in [-0.2, -0.15) is 16.8 Å². The predicted octanol–water partition coefficient (Wildman–Crippen LogP) is 8.78. The van der Waals surface area contributed by atoms with Crippen molar-refractivity contribution in [2.75, 3.05) is 0 Å². The van der Waals surface area contributed by atoms with Gasteiger partial charge in [0, 0.05) is 0 Å². The molecule has 0 aliphatic heterocycles. The van der Waals surface area contributed by atoms with Crippen LogP contribution in [-0.4, -0.2) is 16.8 Å². The van der Waals surface area contributed by atoms with Crippen molar-refractivity contribution in [2.24, 2.45) is 0 Å². The largest absolute Gasteiger partial charge is 0.373 e. The van der Waals surface area contributed by atoms with Gasteiger partial charge in [0.1, 0.15) is 9.79 Å². The van der Waals surface area contributed by atoms with Crippen molar-refractivity contribution in [3.05, 3.63) is 190 Å². The molecule has 51 heavy (non-hydrogen) atoms. The summed E-state index contributed by atoms with van der Waals surface area (Å²) >= 11 is 0. The lowest BCUT2D eigenvalue weighted by atomic mass is 9.65. The maximum absolute atomic E-state index is 16.1. The van der Waals surface area contributed by atoms with Crippen LogP contribution in [0.15, 0.2) is 143 Å². The summed E-state index contributed by atoms with van der Waals surface area (Å²) in [6.45, 7) is 2.99. The predicted molar refractivity (Wildman–Crippen MR) is 183 cm³/mol. The van der Waals surface area contributed by atoms with Crippen molar-refractivity contribution in [1.82, 2.24) is 0 Å². The molecule has 6 aromatic carbocycles. The maximum atomic E-state index is 16.1. The Kier molecular flexibility index (Phi) is 9.49. The molecular weight excluding hydrogens is 705 g/mol. The van der Waals surface area contributed by atoms with Crippen LogP contribution in [0.4, 0.5) is 17.6 Å². The smallest absolute Gasteiger partial charge is 0.339 e. The van der Waals surface area contributed by atoms with Gasteiger partial charge >= 0.3 is 20.2 Å². The monoisotopic (exact) mass is 732 g/mol. The zero-order valence-corrected chi connectivity index (χ0v) is 28.6. The van der Waals surface area contributed by atoms with E-state index in [1.54, 1.807) is 72.8 Å². The van der Waals surface area contributed by atoms with Gasteiger partial charge in [-0.25, -0.2) is 17.6 Å².